The average Bonchev–Trinajstić information content (AvgIpc) is 2.55. The molecule has 0 saturated carbocycles. The molecule has 2 aromatic carbocycles. The summed E-state index contributed by atoms with van der Waals surface area (Å²) in [4.78, 5) is 0. The van der Waals surface area contributed by atoms with Gasteiger partial charge in [-0.25, -0.2) is 0 Å². The Morgan fingerprint density at radius 3 is 0.759 bits per heavy atom. The Balaban J connectivity index is 2.77. The standard InChI is InChI=1S/C14F14Te/c15-3-1(13(23,24)25)4(16)8(20)11(7(3)19)29-12-9(21)5(17)2(14(26,27)28)6(18)10(12)22. The number of benzene rings is 2. The number of hydrogen-bond acceptors (Lipinski definition) is 0. The molecule has 0 bridgehead atoms. The van der Waals surface area contributed by atoms with Crippen LogP contribution in [-0.4, -0.2) is 20.9 Å². The van der Waals surface area contributed by atoms with Crippen LogP contribution in [0.1, 0.15) is 11.1 Å². The van der Waals surface area contributed by atoms with E-state index in [1.165, 1.54) is 0 Å². The Bertz CT molecular complexity index is 850. The van der Waals surface area contributed by atoms with Crippen molar-refractivity contribution in [3.8, 4) is 0 Å². The van der Waals surface area contributed by atoms with Gasteiger partial charge >= 0.3 is 160 Å². The van der Waals surface area contributed by atoms with Gasteiger partial charge in [-0.15, -0.1) is 0 Å². The molecule has 160 valence electrons. The van der Waals surface area contributed by atoms with Crippen LogP contribution in [0.4, 0.5) is 61.5 Å². The SMILES string of the molecule is Fc1c(F)c(C(F)(F)F)c(F)c(F)c1[Te]c1c(F)c(F)c(C(F)(F)F)c(F)c1F. The molecule has 0 saturated heterocycles. The summed E-state index contributed by atoms with van der Waals surface area (Å²) in [6, 6.07) is 0. The van der Waals surface area contributed by atoms with Crippen LogP contribution in [0.15, 0.2) is 0 Å². The van der Waals surface area contributed by atoms with Gasteiger partial charge in [-0.2, -0.15) is 0 Å². The summed E-state index contributed by atoms with van der Waals surface area (Å²) in [5.74, 6) is -23.1. The summed E-state index contributed by atoms with van der Waals surface area (Å²) >= 11 is -3.65. The summed E-state index contributed by atoms with van der Waals surface area (Å²) in [6.45, 7) is 0. The molecule has 0 amide bonds. The Kier molecular flexibility index (Phi) is 6.08. The van der Waals surface area contributed by atoms with E-state index in [-0.39, 0.29) is 0 Å². The quantitative estimate of drug-likeness (QED) is 0.288. The molecule has 0 aliphatic rings. The molecule has 0 aliphatic heterocycles. The molecule has 0 fully saturated rings. The first kappa shape index (κ1) is 23.5. The normalized spacial score (nSPS) is 12.6. The third kappa shape index (κ3) is 3.98. The van der Waals surface area contributed by atoms with Crippen LogP contribution in [0.2, 0.25) is 0 Å². The van der Waals surface area contributed by atoms with E-state index in [2.05, 4.69) is 0 Å². The Hall–Kier alpha value is -1.75. The van der Waals surface area contributed by atoms with Crippen molar-refractivity contribution in [3.63, 3.8) is 0 Å². The van der Waals surface area contributed by atoms with Crippen molar-refractivity contribution in [1.82, 2.24) is 0 Å². The molecular weight excluding hydrogens is 562 g/mol. The zero-order valence-electron chi connectivity index (χ0n) is 12.7. The van der Waals surface area contributed by atoms with Gasteiger partial charge in [0.1, 0.15) is 0 Å². The predicted molar refractivity (Wildman–Crippen MR) is 67.6 cm³/mol. The average molecular weight is 562 g/mol. The fourth-order valence-electron chi connectivity index (χ4n) is 2.00. The molecule has 0 aromatic heterocycles. The van der Waals surface area contributed by atoms with E-state index in [1.807, 2.05) is 0 Å². The fourth-order valence-corrected chi connectivity index (χ4v) is 4.63. The first-order chi connectivity index (χ1) is 13.0. The molecule has 0 radical (unpaired) electrons. The van der Waals surface area contributed by atoms with Crippen molar-refractivity contribution in [2.75, 3.05) is 0 Å². The summed E-state index contributed by atoms with van der Waals surface area (Å²) in [7, 11) is 0. The van der Waals surface area contributed by atoms with Gasteiger partial charge in [-0.05, 0) is 0 Å². The minimum atomic E-state index is -5.93. The van der Waals surface area contributed by atoms with E-state index in [4.69, 9.17) is 0 Å². The zero-order valence-corrected chi connectivity index (χ0v) is 15.0. The molecule has 0 heterocycles. The van der Waals surface area contributed by atoms with Crippen molar-refractivity contribution < 1.29 is 61.5 Å². The number of alkyl halides is 6. The van der Waals surface area contributed by atoms with Gasteiger partial charge in [0.2, 0.25) is 0 Å². The van der Waals surface area contributed by atoms with Crippen LogP contribution in [0.3, 0.4) is 0 Å². The van der Waals surface area contributed by atoms with Gasteiger partial charge in [0.15, 0.2) is 0 Å². The molecular formula is C14F14Te. The molecule has 2 aromatic rings. The molecule has 0 spiro atoms. The fraction of sp³-hybridized carbons (Fsp3) is 0.143. The summed E-state index contributed by atoms with van der Waals surface area (Å²) in [5.41, 5.74) is -6.04. The summed E-state index contributed by atoms with van der Waals surface area (Å²) in [6.07, 6.45) is -11.9. The van der Waals surface area contributed by atoms with Crippen molar-refractivity contribution in [1.29, 1.82) is 0 Å². The van der Waals surface area contributed by atoms with E-state index in [0.29, 0.717) is 0 Å². The molecule has 0 nitrogen and oxygen atoms in total. The molecule has 0 atom stereocenters. The number of rotatable bonds is 2. The van der Waals surface area contributed by atoms with Crippen molar-refractivity contribution >= 4 is 28.1 Å². The van der Waals surface area contributed by atoms with Crippen molar-refractivity contribution in [3.05, 3.63) is 57.7 Å². The molecule has 0 N–H and O–H groups in total. The molecule has 29 heavy (non-hydrogen) atoms. The molecule has 0 aliphatic carbocycles. The third-order valence-electron chi connectivity index (χ3n) is 3.22. The second kappa shape index (κ2) is 7.50. The van der Waals surface area contributed by atoms with E-state index < -0.39 is 98.2 Å². The topological polar surface area (TPSA) is 0 Å². The Morgan fingerprint density at radius 2 is 0.586 bits per heavy atom. The van der Waals surface area contributed by atoms with Crippen LogP contribution >= 0.6 is 0 Å². The van der Waals surface area contributed by atoms with Crippen LogP contribution in [0.5, 0.6) is 0 Å². The van der Waals surface area contributed by atoms with E-state index in [0.717, 1.165) is 0 Å². The number of halogens is 14. The van der Waals surface area contributed by atoms with E-state index >= 15 is 0 Å². The van der Waals surface area contributed by atoms with Gasteiger partial charge < -0.3 is 0 Å². The predicted octanol–water partition coefficient (Wildman–Crippen LogP) is 4.49. The zero-order chi connectivity index (χ0) is 22.6. The van der Waals surface area contributed by atoms with E-state index in [9.17, 15) is 61.5 Å². The molecule has 2 rings (SSSR count). The van der Waals surface area contributed by atoms with Crippen molar-refractivity contribution in [2.24, 2.45) is 0 Å². The second-order valence-electron chi connectivity index (χ2n) is 5.02. The number of hydrogen-bond donors (Lipinski definition) is 0. The van der Waals surface area contributed by atoms with Gasteiger partial charge in [0, 0.05) is 0 Å². The minimum absolute atomic E-state index is 2.02. The second-order valence-corrected chi connectivity index (χ2v) is 7.93. The van der Waals surface area contributed by atoms with Gasteiger partial charge in [-0.1, -0.05) is 0 Å². The monoisotopic (exact) mass is 564 g/mol. The third-order valence-corrected chi connectivity index (χ3v) is 6.43. The molecule has 15 heteroatoms. The maximum absolute atomic E-state index is 13.8. The van der Waals surface area contributed by atoms with Crippen LogP contribution in [-0.2, 0) is 12.4 Å². The van der Waals surface area contributed by atoms with Crippen LogP contribution in [0.25, 0.3) is 0 Å². The van der Waals surface area contributed by atoms with E-state index in [1.54, 1.807) is 0 Å². The Labute approximate surface area is 160 Å². The van der Waals surface area contributed by atoms with Gasteiger partial charge in [-0.3, -0.25) is 0 Å². The van der Waals surface area contributed by atoms with Crippen LogP contribution in [0, 0.1) is 46.5 Å². The first-order valence-corrected chi connectivity index (χ1v) is 8.88. The van der Waals surface area contributed by atoms with Gasteiger partial charge in [0.05, 0.1) is 0 Å². The van der Waals surface area contributed by atoms with Crippen molar-refractivity contribution in [2.45, 2.75) is 12.4 Å². The summed E-state index contributed by atoms with van der Waals surface area (Å²) in [5, 5.41) is 0. The van der Waals surface area contributed by atoms with Gasteiger partial charge in [0.25, 0.3) is 0 Å². The summed E-state index contributed by atoms with van der Waals surface area (Å²) < 4.78 is 180. The molecule has 0 unspecified atom stereocenters. The first-order valence-electron chi connectivity index (χ1n) is 6.55. The maximum atomic E-state index is 13.8. The van der Waals surface area contributed by atoms with Crippen LogP contribution < -0.4 is 7.22 Å². The Morgan fingerprint density at radius 1 is 0.379 bits per heavy atom.